The van der Waals surface area contributed by atoms with Gasteiger partial charge in [0.15, 0.2) is 0 Å². The van der Waals surface area contributed by atoms with E-state index >= 15 is 0 Å². The fraction of sp³-hybridized carbons (Fsp3) is 0.421. The van der Waals surface area contributed by atoms with Gasteiger partial charge >= 0.3 is 0 Å². The van der Waals surface area contributed by atoms with Gasteiger partial charge in [-0.25, -0.2) is 0 Å². The minimum absolute atomic E-state index is 0.270. The molecule has 2 aromatic rings. The molecular weight excluding hydrogens is 258 g/mol. The predicted octanol–water partition coefficient (Wildman–Crippen LogP) is 3.87. The Morgan fingerprint density at radius 3 is 2.71 bits per heavy atom. The molecule has 0 aromatic heterocycles. The second kappa shape index (κ2) is 5.51. The third-order valence-electron chi connectivity index (χ3n) is 4.77. The van der Waals surface area contributed by atoms with Crippen molar-refractivity contribution in [2.24, 2.45) is 0 Å². The molecule has 0 radical (unpaired) electrons. The molecule has 2 nitrogen and oxygen atoms in total. The molecule has 110 valence electrons. The molecule has 0 spiro atoms. The highest BCUT2D eigenvalue weighted by Crippen LogP contribution is 2.33. The van der Waals surface area contributed by atoms with Crippen LogP contribution in [0.15, 0.2) is 30.3 Å². The van der Waals surface area contributed by atoms with E-state index in [1.807, 2.05) is 6.92 Å². The summed E-state index contributed by atoms with van der Waals surface area (Å²) in [4.78, 5) is 14.3. The van der Waals surface area contributed by atoms with Gasteiger partial charge < -0.3 is 4.90 Å². The smallest absolute Gasteiger partial charge is 0.222 e. The highest BCUT2D eigenvalue weighted by Gasteiger charge is 2.27. The third kappa shape index (κ3) is 2.33. The molecule has 0 saturated heterocycles. The number of hydrogen-bond acceptors (Lipinski definition) is 1. The minimum atomic E-state index is 0.270. The number of carbonyl (C=O) groups excluding carboxylic acids is 1. The number of nitrogens with zero attached hydrogens (tertiary/aromatic N) is 1. The van der Waals surface area contributed by atoms with Gasteiger partial charge in [-0.3, -0.25) is 4.79 Å². The topological polar surface area (TPSA) is 20.3 Å². The van der Waals surface area contributed by atoms with Crippen molar-refractivity contribution in [3.8, 4) is 0 Å². The highest BCUT2D eigenvalue weighted by molar-refractivity contribution is 5.91. The first-order chi connectivity index (χ1) is 10.2. The van der Waals surface area contributed by atoms with Crippen LogP contribution in [0.25, 0.3) is 10.8 Å². The molecule has 2 aromatic carbocycles. The van der Waals surface area contributed by atoms with Crippen molar-refractivity contribution in [3.63, 3.8) is 0 Å². The number of aryl methyl sites for hydroxylation is 1. The van der Waals surface area contributed by atoms with Gasteiger partial charge in [-0.2, -0.15) is 0 Å². The second-order valence-corrected chi connectivity index (χ2v) is 5.97. The molecule has 1 aliphatic rings. The number of benzene rings is 2. The van der Waals surface area contributed by atoms with Crippen LogP contribution in [0.5, 0.6) is 0 Å². The van der Waals surface area contributed by atoms with Crippen molar-refractivity contribution >= 4 is 16.7 Å². The molecule has 0 saturated carbocycles. The third-order valence-corrected chi connectivity index (χ3v) is 4.77. The first kappa shape index (κ1) is 14.1. The summed E-state index contributed by atoms with van der Waals surface area (Å²) >= 11 is 0. The summed E-state index contributed by atoms with van der Waals surface area (Å²) in [6.07, 6.45) is 2.56. The van der Waals surface area contributed by atoms with E-state index in [4.69, 9.17) is 0 Å². The molecule has 0 bridgehead atoms. The van der Waals surface area contributed by atoms with Crippen LogP contribution >= 0.6 is 0 Å². The van der Waals surface area contributed by atoms with Crippen LogP contribution in [-0.2, 0) is 17.6 Å². The standard InChI is InChI=1S/C19H23NO/c1-4-18(21)20(5-2)16-11-15-8-6-7-14-10-9-13(3)17(12-16)19(14)15/h6-10,16H,4-5,11-12H2,1-3H3. The molecule has 0 fully saturated rings. The first-order valence-electron chi connectivity index (χ1n) is 7.95. The maximum Gasteiger partial charge on any atom is 0.222 e. The Morgan fingerprint density at radius 2 is 2.00 bits per heavy atom. The van der Waals surface area contributed by atoms with Crippen molar-refractivity contribution < 1.29 is 4.79 Å². The van der Waals surface area contributed by atoms with Crippen LogP contribution in [0.2, 0.25) is 0 Å². The van der Waals surface area contributed by atoms with Crippen molar-refractivity contribution in [1.82, 2.24) is 4.90 Å². The summed E-state index contributed by atoms with van der Waals surface area (Å²) in [7, 11) is 0. The largest absolute Gasteiger partial charge is 0.339 e. The predicted molar refractivity (Wildman–Crippen MR) is 87.6 cm³/mol. The Bertz CT molecular complexity index is 689. The Labute approximate surface area is 126 Å². The van der Waals surface area contributed by atoms with Gasteiger partial charge in [-0.15, -0.1) is 0 Å². The molecule has 2 heteroatoms. The van der Waals surface area contributed by atoms with E-state index in [1.165, 1.54) is 27.5 Å². The average molecular weight is 281 g/mol. The normalized spacial score (nSPS) is 17.0. The summed E-state index contributed by atoms with van der Waals surface area (Å²) in [6.45, 7) is 7.02. The van der Waals surface area contributed by atoms with Crippen molar-refractivity contribution in [1.29, 1.82) is 0 Å². The fourth-order valence-corrected chi connectivity index (χ4v) is 3.70. The highest BCUT2D eigenvalue weighted by atomic mass is 16.2. The van der Waals surface area contributed by atoms with E-state index in [0.29, 0.717) is 12.5 Å². The van der Waals surface area contributed by atoms with Crippen LogP contribution in [0.3, 0.4) is 0 Å². The van der Waals surface area contributed by atoms with Crippen LogP contribution in [0, 0.1) is 6.92 Å². The number of amides is 1. The zero-order valence-corrected chi connectivity index (χ0v) is 13.1. The SMILES string of the molecule is CCC(=O)N(CC)C1Cc2cccc3ccc(C)c(c23)C1. The summed E-state index contributed by atoms with van der Waals surface area (Å²) < 4.78 is 0. The van der Waals surface area contributed by atoms with Crippen LogP contribution < -0.4 is 0 Å². The maximum absolute atomic E-state index is 12.2. The number of likely N-dealkylation sites (N-methyl/N-ethyl adjacent to an activating group) is 1. The molecule has 1 atom stereocenters. The maximum atomic E-state index is 12.2. The van der Waals surface area contributed by atoms with Crippen LogP contribution in [-0.4, -0.2) is 23.4 Å². The number of rotatable bonds is 3. The van der Waals surface area contributed by atoms with E-state index in [0.717, 1.165) is 19.4 Å². The molecule has 3 rings (SSSR count). The van der Waals surface area contributed by atoms with E-state index in [2.05, 4.69) is 49.1 Å². The zero-order valence-electron chi connectivity index (χ0n) is 13.1. The monoisotopic (exact) mass is 281 g/mol. The lowest BCUT2D eigenvalue weighted by Gasteiger charge is -2.35. The van der Waals surface area contributed by atoms with Gasteiger partial charge in [0.05, 0.1) is 0 Å². The number of carbonyl (C=O) groups is 1. The summed E-state index contributed by atoms with van der Waals surface area (Å²) in [6, 6.07) is 11.3. The van der Waals surface area contributed by atoms with Crippen LogP contribution in [0.1, 0.15) is 37.0 Å². The molecular formula is C19H23NO. The molecule has 1 aliphatic carbocycles. The average Bonchev–Trinajstić information content (AvgIpc) is 2.51. The Morgan fingerprint density at radius 1 is 1.19 bits per heavy atom. The van der Waals surface area contributed by atoms with Crippen molar-refractivity contribution in [3.05, 3.63) is 47.0 Å². The summed E-state index contributed by atoms with van der Waals surface area (Å²) in [5.41, 5.74) is 4.17. The first-order valence-corrected chi connectivity index (χ1v) is 7.95. The van der Waals surface area contributed by atoms with Gasteiger partial charge in [0.1, 0.15) is 0 Å². The van der Waals surface area contributed by atoms with Crippen LogP contribution in [0.4, 0.5) is 0 Å². The molecule has 1 unspecified atom stereocenters. The molecule has 0 N–H and O–H groups in total. The van der Waals surface area contributed by atoms with Gasteiger partial charge in [0.2, 0.25) is 5.91 Å². The quantitative estimate of drug-likeness (QED) is 0.836. The van der Waals surface area contributed by atoms with E-state index < -0.39 is 0 Å². The van der Waals surface area contributed by atoms with Gasteiger partial charge in [-0.1, -0.05) is 37.3 Å². The van der Waals surface area contributed by atoms with E-state index in [1.54, 1.807) is 0 Å². The Kier molecular flexibility index (Phi) is 3.71. The second-order valence-electron chi connectivity index (χ2n) is 5.97. The Hall–Kier alpha value is -1.83. The zero-order chi connectivity index (χ0) is 15.0. The Balaban J connectivity index is 2.06. The molecule has 1 amide bonds. The van der Waals surface area contributed by atoms with Gasteiger partial charge in [-0.05, 0) is 54.2 Å². The molecule has 21 heavy (non-hydrogen) atoms. The number of hydrogen-bond donors (Lipinski definition) is 0. The lowest BCUT2D eigenvalue weighted by Crippen LogP contribution is -2.43. The van der Waals surface area contributed by atoms with Crippen molar-refractivity contribution in [2.75, 3.05) is 6.54 Å². The summed E-state index contributed by atoms with van der Waals surface area (Å²) in [5, 5.41) is 2.75. The lowest BCUT2D eigenvalue weighted by atomic mass is 9.83. The fourth-order valence-electron chi connectivity index (χ4n) is 3.70. The lowest BCUT2D eigenvalue weighted by molar-refractivity contribution is -0.132. The van der Waals surface area contributed by atoms with E-state index in [-0.39, 0.29) is 5.91 Å². The molecule has 0 aliphatic heterocycles. The van der Waals surface area contributed by atoms with E-state index in [9.17, 15) is 4.79 Å². The van der Waals surface area contributed by atoms with Gasteiger partial charge in [0, 0.05) is 19.0 Å². The van der Waals surface area contributed by atoms with Crippen molar-refractivity contribution in [2.45, 2.75) is 46.1 Å². The minimum Gasteiger partial charge on any atom is -0.339 e. The van der Waals surface area contributed by atoms with Gasteiger partial charge in [0.25, 0.3) is 0 Å². The summed E-state index contributed by atoms with van der Waals surface area (Å²) in [5.74, 6) is 0.270. The molecule has 0 heterocycles.